The first kappa shape index (κ1) is 26.8. The molecule has 8 heteroatoms. The molecule has 0 spiro atoms. The Morgan fingerprint density at radius 1 is 1.17 bits per heavy atom. The average molecular weight is 517 g/mol. The van der Waals surface area contributed by atoms with Gasteiger partial charge in [0.25, 0.3) is 5.91 Å². The molecule has 3 rings (SSSR count). The lowest BCUT2D eigenvalue weighted by Gasteiger charge is -2.37. The maximum atomic E-state index is 12.9. The van der Waals surface area contributed by atoms with E-state index in [4.69, 9.17) is 27.9 Å². The second kappa shape index (κ2) is 10.4. The predicted molar refractivity (Wildman–Crippen MR) is 140 cm³/mol. The predicted octanol–water partition coefficient (Wildman–Crippen LogP) is 6.48. The van der Waals surface area contributed by atoms with E-state index in [9.17, 15) is 14.4 Å². The molecule has 0 heterocycles. The molecule has 1 atom stereocenters. The molecule has 1 N–H and O–H groups in total. The second-order valence-corrected chi connectivity index (χ2v) is 10.0. The van der Waals surface area contributed by atoms with Crippen LogP contribution in [0.25, 0.3) is 5.57 Å². The standard InChI is InChI=1S/C27H30Cl2N2O4/c1-7-22(32)27(4)12-8-9-18-21(11-10-15(2)23(18)27)35-24-19(28)13-17(14-20(24)29)16(3)25(33)30-26(34)31(5)6/h10-11,13-14H,3,7-9,12H2,1-2,4-6H3,(H,30,33,34). The zero-order valence-corrected chi connectivity index (χ0v) is 22.2. The number of nitrogens with zero attached hydrogens (tertiary/aromatic N) is 1. The number of imide groups is 1. The largest absolute Gasteiger partial charge is 0.454 e. The summed E-state index contributed by atoms with van der Waals surface area (Å²) in [7, 11) is 3.05. The highest BCUT2D eigenvalue weighted by atomic mass is 35.5. The first-order chi connectivity index (χ1) is 16.4. The first-order valence-corrected chi connectivity index (χ1v) is 12.2. The number of carbonyl (C=O) groups is 3. The van der Waals surface area contributed by atoms with Crippen molar-refractivity contribution in [3.8, 4) is 11.5 Å². The first-order valence-electron chi connectivity index (χ1n) is 11.5. The summed E-state index contributed by atoms with van der Waals surface area (Å²) in [6, 6.07) is 6.30. The zero-order chi connectivity index (χ0) is 26.1. The topological polar surface area (TPSA) is 75.7 Å². The second-order valence-electron chi connectivity index (χ2n) is 9.20. The number of rotatable bonds is 6. The van der Waals surface area contributed by atoms with Crippen molar-refractivity contribution in [2.45, 2.75) is 51.9 Å². The summed E-state index contributed by atoms with van der Waals surface area (Å²) in [4.78, 5) is 38.3. The van der Waals surface area contributed by atoms with Gasteiger partial charge in [-0.3, -0.25) is 14.9 Å². The summed E-state index contributed by atoms with van der Waals surface area (Å²) in [5.74, 6) is 0.403. The molecule has 2 aromatic carbocycles. The molecule has 0 fully saturated rings. The Morgan fingerprint density at radius 3 is 2.37 bits per heavy atom. The fourth-order valence-electron chi connectivity index (χ4n) is 4.63. The SMILES string of the molecule is C=C(C(=O)NC(=O)N(C)C)c1cc(Cl)c(Oc2ccc(C)c3c2CCCC3(C)C(=O)CC)c(Cl)c1. The van der Waals surface area contributed by atoms with Crippen LogP contribution in [0.5, 0.6) is 11.5 Å². The van der Waals surface area contributed by atoms with Gasteiger partial charge in [-0.1, -0.05) is 42.8 Å². The Bertz CT molecular complexity index is 1200. The Morgan fingerprint density at radius 2 is 1.80 bits per heavy atom. The zero-order valence-electron chi connectivity index (χ0n) is 20.7. The average Bonchev–Trinajstić information content (AvgIpc) is 2.81. The van der Waals surface area contributed by atoms with Gasteiger partial charge in [-0.25, -0.2) is 4.79 Å². The van der Waals surface area contributed by atoms with Crippen molar-refractivity contribution in [2.24, 2.45) is 0 Å². The minimum atomic E-state index is -0.656. The van der Waals surface area contributed by atoms with Gasteiger partial charge in [0.05, 0.1) is 15.5 Å². The number of fused-ring (bicyclic) bond motifs is 1. The van der Waals surface area contributed by atoms with Crippen molar-refractivity contribution in [1.82, 2.24) is 10.2 Å². The van der Waals surface area contributed by atoms with E-state index in [1.54, 1.807) is 0 Å². The summed E-state index contributed by atoms with van der Waals surface area (Å²) in [6.45, 7) is 9.69. The number of benzene rings is 2. The molecule has 1 aliphatic carbocycles. The van der Waals surface area contributed by atoms with Gasteiger partial charge in [0.1, 0.15) is 11.5 Å². The maximum Gasteiger partial charge on any atom is 0.323 e. The van der Waals surface area contributed by atoms with Crippen LogP contribution in [-0.4, -0.2) is 36.7 Å². The molecule has 6 nitrogen and oxygen atoms in total. The lowest BCUT2D eigenvalue weighted by atomic mass is 9.66. The molecule has 2 aromatic rings. The molecule has 3 amide bonds. The van der Waals surface area contributed by atoms with E-state index in [1.165, 1.54) is 31.1 Å². The van der Waals surface area contributed by atoms with Gasteiger partial charge in [0.2, 0.25) is 0 Å². The number of nitrogens with one attached hydrogen (secondary N) is 1. The van der Waals surface area contributed by atoms with Crippen LogP contribution in [0.4, 0.5) is 4.79 Å². The highest BCUT2D eigenvalue weighted by Crippen LogP contribution is 2.46. The van der Waals surface area contributed by atoms with Gasteiger partial charge < -0.3 is 9.64 Å². The number of hydrogen-bond donors (Lipinski definition) is 1. The summed E-state index contributed by atoms with van der Waals surface area (Å²) in [6.07, 6.45) is 2.92. The van der Waals surface area contributed by atoms with Crippen LogP contribution < -0.4 is 10.1 Å². The van der Waals surface area contributed by atoms with Gasteiger partial charge in [-0.15, -0.1) is 0 Å². The number of urea groups is 1. The molecule has 186 valence electrons. The summed E-state index contributed by atoms with van der Waals surface area (Å²) in [5, 5.41) is 2.62. The Labute approximate surface area is 216 Å². The van der Waals surface area contributed by atoms with Crippen LogP contribution in [0, 0.1) is 6.92 Å². The van der Waals surface area contributed by atoms with Crippen LogP contribution in [0.15, 0.2) is 30.8 Å². The Balaban J connectivity index is 1.96. The van der Waals surface area contributed by atoms with Crippen molar-refractivity contribution < 1.29 is 19.1 Å². The van der Waals surface area contributed by atoms with E-state index < -0.39 is 17.4 Å². The van der Waals surface area contributed by atoms with Crippen molar-refractivity contribution >= 4 is 46.5 Å². The molecule has 0 saturated heterocycles. The van der Waals surface area contributed by atoms with Gasteiger partial charge in [-0.2, -0.15) is 0 Å². The lowest BCUT2D eigenvalue weighted by molar-refractivity contribution is -0.124. The third kappa shape index (κ3) is 5.24. The van der Waals surface area contributed by atoms with Crippen molar-refractivity contribution in [2.75, 3.05) is 14.1 Å². The highest BCUT2D eigenvalue weighted by molar-refractivity contribution is 6.38. The summed E-state index contributed by atoms with van der Waals surface area (Å²) >= 11 is 13.0. The Hall–Kier alpha value is -2.83. The van der Waals surface area contributed by atoms with E-state index in [0.717, 1.165) is 36.0 Å². The van der Waals surface area contributed by atoms with Gasteiger partial charge in [0, 0.05) is 26.1 Å². The fraction of sp³-hybridized carbons (Fsp3) is 0.370. The normalized spacial score (nSPS) is 16.8. The molecule has 0 radical (unpaired) electrons. The number of ketones is 1. The third-order valence-corrected chi connectivity index (χ3v) is 7.09. The van der Waals surface area contributed by atoms with Gasteiger partial charge in [0.15, 0.2) is 5.75 Å². The monoisotopic (exact) mass is 516 g/mol. The number of ether oxygens (including phenoxy) is 1. The third-order valence-electron chi connectivity index (χ3n) is 6.53. The van der Waals surface area contributed by atoms with E-state index in [1.807, 2.05) is 32.9 Å². The van der Waals surface area contributed by atoms with Crippen LogP contribution in [-0.2, 0) is 21.4 Å². The summed E-state index contributed by atoms with van der Waals surface area (Å²) < 4.78 is 6.23. The molecule has 0 saturated carbocycles. The molecule has 0 aliphatic heterocycles. The number of Topliss-reactive ketones (excluding diaryl/α,β-unsaturated/α-hetero) is 1. The smallest absolute Gasteiger partial charge is 0.323 e. The fourth-order valence-corrected chi connectivity index (χ4v) is 5.19. The molecule has 1 unspecified atom stereocenters. The van der Waals surface area contributed by atoms with E-state index in [2.05, 4.69) is 11.9 Å². The van der Waals surface area contributed by atoms with Crippen LogP contribution in [0.3, 0.4) is 0 Å². The van der Waals surface area contributed by atoms with E-state index in [0.29, 0.717) is 17.7 Å². The number of amides is 3. The van der Waals surface area contributed by atoms with E-state index >= 15 is 0 Å². The lowest BCUT2D eigenvalue weighted by Crippen LogP contribution is -2.38. The number of carbonyl (C=O) groups excluding carboxylic acids is 3. The highest BCUT2D eigenvalue weighted by Gasteiger charge is 2.40. The van der Waals surface area contributed by atoms with Crippen molar-refractivity contribution in [3.05, 3.63) is 63.1 Å². The quantitative estimate of drug-likeness (QED) is 0.445. The molecule has 1 aliphatic rings. The van der Waals surface area contributed by atoms with Crippen LogP contribution in [0.1, 0.15) is 55.4 Å². The van der Waals surface area contributed by atoms with Gasteiger partial charge in [-0.05, 0) is 73.6 Å². The van der Waals surface area contributed by atoms with Crippen LogP contribution >= 0.6 is 23.2 Å². The molecule has 0 bridgehead atoms. The maximum absolute atomic E-state index is 12.9. The minimum Gasteiger partial charge on any atom is -0.454 e. The minimum absolute atomic E-state index is 0.0390. The van der Waals surface area contributed by atoms with E-state index in [-0.39, 0.29) is 27.2 Å². The van der Waals surface area contributed by atoms with Gasteiger partial charge >= 0.3 is 6.03 Å². The van der Waals surface area contributed by atoms with Crippen molar-refractivity contribution in [1.29, 1.82) is 0 Å². The molecule has 35 heavy (non-hydrogen) atoms. The number of aryl methyl sites for hydroxylation is 1. The molecular weight excluding hydrogens is 487 g/mol. The molecular formula is C27H30Cl2N2O4. The number of hydrogen-bond acceptors (Lipinski definition) is 4. The van der Waals surface area contributed by atoms with Crippen molar-refractivity contribution in [3.63, 3.8) is 0 Å². The summed E-state index contributed by atoms with van der Waals surface area (Å²) in [5.41, 5.74) is 2.91. The van der Waals surface area contributed by atoms with Crippen LogP contribution in [0.2, 0.25) is 10.0 Å². The Kier molecular flexibility index (Phi) is 7.97. The number of halogens is 2. The molecule has 0 aromatic heterocycles.